The van der Waals surface area contributed by atoms with Crippen molar-refractivity contribution < 1.29 is 10.0 Å². The molecule has 1 aliphatic heterocycles. The molecule has 0 saturated heterocycles. The summed E-state index contributed by atoms with van der Waals surface area (Å²) in [6.07, 6.45) is 5.74. The Morgan fingerprint density at radius 1 is 1.33 bits per heavy atom. The number of nitrogens with one attached hydrogen (secondary N) is 1. The van der Waals surface area contributed by atoms with Crippen molar-refractivity contribution in [2.45, 2.75) is 0 Å². The minimum Gasteiger partial charge on any atom is -0.422 e. The third-order valence-corrected chi connectivity index (χ3v) is 2.15. The predicted molar refractivity (Wildman–Crippen MR) is 59.2 cm³/mol. The summed E-state index contributed by atoms with van der Waals surface area (Å²) in [5.41, 5.74) is 2.00. The Kier molecular flexibility index (Phi) is 2.85. The molecule has 2 rings (SSSR count). The second-order valence-corrected chi connectivity index (χ2v) is 3.22. The summed E-state index contributed by atoms with van der Waals surface area (Å²) >= 11 is 0. The first-order chi connectivity index (χ1) is 7.27. The van der Waals surface area contributed by atoms with E-state index in [4.69, 9.17) is 10.0 Å². The number of allylic oxidation sites excluding steroid dienone is 2. The number of nitrogens with zero attached hydrogens (tertiary/aromatic N) is 1. The quantitative estimate of drug-likeness (QED) is 0.552. The van der Waals surface area contributed by atoms with Gasteiger partial charge < -0.3 is 15.4 Å². The van der Waals surface area contributed by atoms with Crippen LogP contribution in [0.2, 0.25) is 0 Å². The maximum Gasteiger partial charge on any atom is 0.508 e. The summed E-state index contributed by atoms with van der Waals surface area (Å²) in [4.78, 5) is 4.15. The molecule has 0 fully saturated rings. The van der Waals surface area contributed by atoms with Gasteiger partial charge in [-0.05, 0) is 30.0 Å². The summed E-state index contributed by atoms with van der Waals surface area (Å²) < 4.78 is 0. The van der Waals surface area contributed by atoms with Crippen LogP contribution in [0.15, 0.2) is 36.6 Å². The molecular weight excluding hydrogens is 191 g/mol. The maximum atomic E-state index is 8.99. The Labute approximate surface area is 88.1 Å². The van der Waals surface area contributed by atoms with Crippen molar-refractivity contribution in [3.63, 3.8) is 0 Å². The molecule has 0 spiro atoms. The first-order valence-electron chi connectivity index (χ1n) is 4.71. The molecule has 76 valence electrons. The van der Waals surface area contributed by atoms with E-state index in [0.717, 1.165) is 17.8 Å². The number of dihydropyridines is 1. The van der Waals surface area contributed by atoms with Gasteiger partial charge in [0.2, 0.25) is 0 Å². The molecule has 0 bridgehead atoms. The van der Waals surface area contributed by atoms with Gasteiger partial charge in [-0.2, -0.15) is 0 Å². The number of aromatic nitrogens is 1. The van der Waals surface area contributed by atoms with Crippen molar-refractivity contribution in [3.8, 4) is 0 Å². The van der Waals surface area contributed by atoms with Gasteiger partial charge in [-0.1, -0.05) is 12.1 Å². The smallest absolute Gasteiger partial charge is 0.422 e. The van der Waals surface area contributed by atoms with Crippen LogP contribution in [-0.4, -0.2) is 28.7 Å². The van der Waals surface area contributed by atoms with E-state index in [2.05, 4.69) is 10.3 Å². The fourth-order valence-corrected chi connectivity index (χ4v) is 1.40. The van der Waals surface area contributed by atoms with E-state index in [1.807, 2.05) is 24.4 Å². The van der Waals surface area contributed by atoms with E-state index >= 15 is 0 Å². The highest BCUT2D eigenvalue weighted by Gasteiger charge is 2.13. The molecule has 0 amide bonds. The predicted octanol–water partition coefficient (Wildman–Crippen LogP) is -0.738. The summed E-state index contributed by atoms with van der Waals surface area (Å²) in [5.74, 6) is 0. The topological polar surface area (TPSA) is 65.4 Å². The highest BCUT2D eigenvalue weighted by molar-refractivity contribution is 6.57. The second kappa shape index (κ2) is 4.29. The van der Waals surface area contributed by atoms with Gasteiger partial charge in [-0.25, -0.2) is 0 Å². The first-order valence-corrected chi connectivity index (χ1v) is 4.71. The van der Waals surface area contributed by atoms with Gasteiger partial charge in [0.1, 0.15) is 0 Å². The van der Waals surface area contributed by atoms with E-state index < -0.39 is 7.12 Å². The minimum absolute atomic E-state index is 0.264. The van der Waals surface area contributed by atoms with E-state index in [1.54, 1.807) is 12.1 Å². The molecule has 5 heteroatoms. The van der Waals surface area contributed by atoms with Crippen molar-refractivity contribution >= 4 is 18.3 Å². The summed E-state index contributed by atoms with van der Waals surface area (Å²) in [5, 5.41) is 21.0. The third-order valence-electron chi connectivity index (χ3n) is 2.15. The van der Waals surface area contributed by atoms with Crippen molar-refractivity contribution in [1.29, 1.82) is 0 Å². The zero-order valence-corrected chi connectivity index (χ0v) is 8.09. The Balaban J connectivity index is 2.32. The van der Waals surface area contributed by atoms with Crippen LogP contribution in [0, 0.1) is 0 Å². The Hall–Kier alpha value is -1.59. The molecule has 0 atom stereocenters. The number of hydrogen-bond acceptors (Lipinski definition) is 4. The maximum absolute atomic E-state index is 8.99. The lowest BCUT2D eigenvalue weighted by Crippen LogP contribution is -2.33. The monoisotopic (exact) mass is 202 g/mol. The molecule has 0 saturated carbocycles. The van der Waals surface area contributed by atoms with Crippen LogP contribution in [0.25, 0.3) is 5.57 Å². The van der Waals surface area contributed by atoms with E-state index in [-0.39, 0.29) is 5.59 Å². The molecule has 1 aliphatic rings. The van der Waals surface area contributed by atoms with Crippen LogP contribution in [0.4, 0.5) is 0 Å². The largest absolute Gasteiger partial charge is 0.508 e. The second-order valence-electron chi connectivity index (χ2n) is 3.22. The molecule has 4 nitrogen and oxygen atoms in total. The third kappa shape index (κ3) is 2.26. The fraction of sp³-hybridized carbons (Fsp3) is 0.100. The molecule has 0 unspecified atom stereocenters. The summed E-state index contributed by atoms with van der Waals surface area (Å²) in [6, 6.07) is 5.18. The molecule has 2 heterocycles. The van der Waals surface area contributed by atoms with Gasteiger partial charge in [-0.15, -0.1) is 0 Å². The summed E-state index contributed by atoms with van der Waals surface area (Å²) in [6.45, 7) is 0.763. The van der Waals surface area contributed by atoms with Crippen LogP contribution in [0.1, 0.15) is 5.69 Å². The summed E-state index contributed by atoms with van der Waals surface area (Å²) in [7, 11) is -1.52. The Bertz CT molecular complexity index is 416. The molecule has 0 aromatic carbocycles. The fourth-order valence-electron chi connectivity index (χ4n) is 1.40. The number of pyridine rings is 1. The lowest BCUT2D eigenvalue weighted by Gasteiger charge is -2.08. The van der Waals surface area contributed by atoms with Crippen LogP contribution in [0.3, 0.4) is 0 Å². The minimum atomic E-state index is -1.52. The molecule has 3 N–H and O–H groups in total. The van der Waals surface area contributed by atoms with Crippen LogP contribution >= 0.6 is 0 Å². The molecule has 1 aromatic heterocycles. The van der Waals surface area contributed by atoms with Gasteiger partial charge in [0.05, 0.1) is 11.3 Å². The van der Waals surface area contributed by atoms with E-state index in [0.29, 0.717) is 0 Å². The molecule has 0 aliphatic carbocycles. The molecule has 15 heavy (non-hydrogen) atoms. The van der Waals surface area contributed by atoms with Crippen molar-refractivity contribution in [3.05, 3.63) is 42.2 Å². The lowest BCUT2D eigenvalue weighted by molar-refractivity contribution is 0.424. The molecular formula is C10H11BN2O2. The van der Waals surface area contributed by atoms with Gasteiger partial charge in [-0.3, -0.25) is 4.98 Å². The average molecular weight is 202 g/mol. The van der Waals surface area contributed by atoms with Crippen molar-refractivity contribution in [1.82, 2.24) is 10.3 Å². The normalized spacial score (nSPS) is 14.4. The van der Waals surface area contributed by atoms with E-state index in [9.17, 15) is 0 Å². The Morgan fingerprint density at radius 3 is 2.87 bits per heavy atom. The van der Waals surface area contributed by atoms with Gasteiger partial charge >= 0.3 is 7.12 Å². The van der Waals surface area contributed by atoms with Gasteiger partial charge in [0, 0.05) is 6.54 Å². The highest BCUT2D eigenvalue weighted by Crippen LogP contribution is 2.13. The van der Waals surface area contributed by atoms with Crippen LogP contribution in [0.5, 0.6) is 0 Å². The zero-order valence-electron chi connectivity index (χ0n) is 8.09. The van der Waals surface area contributed by atoms with Crippen molar-refractivity contribution in [2.24, 2.45) is 0 Å². The molecule has 0 radical (unpaired) electrons. The van der Waals surface area contributed by atoms with Crippen LogP contribution < -0.4 is 10.9 Å². The van der Waals surface area contributed by atoms with Crippen LogP contribution in [-0.2, 0) is 0 Å². The number of hydrogen-bond donors (Lipinski definition) is 3. The SMILES string of the molecule is OB(O)c1cccc(C2=CCNC=C2)n1. The standard InChI is InChI=1S/C10H11BN2O2/c14-11(15)10-3-1-2-9(13-10)8-4-6-12-7-5-8/h1-6,12,14-15H,7H2. The molecule has 1 aromatic rings. The average Bonchev–Trinajstić information content (AvgIpc) is 2.30. The number of rotatable bonds is 2. The first kappa shape index (κ1) is 9.95. The van der Waals surface area contributed by atoms with Crippen molar-refractivity contribution in [2.75, 3.05) is 6.54 Å². The zero-order chi connectivity index (χ0) is 10.7. The lowest BCUT2D eigenvalue weighted by atomic mass is 9.85. The highest BCUT2D eigenvalue weighted by atomic mass is 16.4. The van der Waals surface area contributed by atoms with Gasteiger partial charge in [0.25, 0.3) is 0 Å². The van der Waals surface area contributed by atoms with E-state index in [1.165, 1.54) is 0 Å². The Morgan fingerprint density at radius 2 is 2.20 bits per heavy atom. The van der Waals surface area contributed by atoms with Gasteiger partial charge in [0.15, 0.2) is 0 Å².